The van der Waals surface area contributed by atoms with E-state index in [2.05, 4.69) is 29.4 Å². The van der Waals surface area contributed by atoms with Crippen molar-refractivity contribution in [3.63, 3.8) is 0 Å². The summed E-state index contributed by atoms with van der Waals surface area (Å²) < 4.78 is 10.4. The smallest absolute Gasteiger partial charge is 0.357 e. The van der Waals surface area contributed by atoms with Gasteiger partial charge in [-0.05, 0) is 54.4 Å². The molecular formula is C28H32N4O5. The molecule has 3 aromatic carbocycles. The maximum Gasteiger partial charge on any atom is 0.357 e. The number of nitrogens with zero attached hydrogens (tertiary/aromatic N) is 1. The Labute approximate surface area is 215 Å². The molecule has 1 heterocycles. The van der Waals surface area contributed by atoms with Crippen LogP contribution >= 0.6 is 0 Å². The van der Waals surface area contributed by atoms with Gasteiger partial charge in [0.05, 0.1) is 19.7 Å². The van der Waals surface area contributed by atoms with Gasteiger partial charge in [-0.25, -0.2) is 4.79 Å². The fourth-order valence-electron chi connectivity index (χ4n) is 3.92. The molecule has 5 N–H and O–H groups in total. The first kappa shape index (κ1) is 27.2. The largest absolute Gasteiger partial charge is 0.493 e. The lowest BCUT2D eigenvalue weighted by molar-refractivity contribution is 0.0692. The molecule has 0 bridgehead atoms. The normalized spacial score (nSPS) is 10.9. The van der Waals surface area contributed by atoms with Crippen LogP contribution in [0.1, 0.15) is 45.8 Å². The Morgan fingerprint density at radius 1 is 1.03 bits per heavy atom. The van der Waals surface area contributed by atoms with E-state index in [9.17, 15) is 9.59 Å². The van der Waals surface area contributed by atoms with Crippen LogP contribution in [0.3, 0.4) is 0 Å². The number of anilines is 1. The molecule has 0 aliphatic carbocycles. The summed E-state index contributed by atoms with van der Waals surface area (Å²) in [4.78, 5) is 23.1. The van der Waals surface area contributed by atoms with E-state index >= 15 is 0 Å². The van der Waals surface area contributed by atoms with Crippen molar-refractivity contribution in [1.82, 2.24) is 10.2 Å². The van der Waals surface area contributed by atoms with Gasteiger partial charge in [-0.2, -0.15) is 5.10 Å². The first-order valence-electron chi connectivity index (χ1n) is 11.6. The summed E-state index contributed by atoms with van der Waals surface area (Å²) in [5.41, 5.74) is 10.1. The van der Waals surface area contributed by atoms with Gasteiger partial charge in [0.15, 0.2) is 17.2 Å². The number of methoxy groups -OCH3 is 2. The van der Waals surface area contributed by atoms with Gasteiger partial charge in [0.25, 0.3) is 5.91 Å². The Hall–Kier alpha value is -4.37. The molecule has 0 atom stereocenters. The second kappa shape index (κ2) is 11.6. The van der Waals surface area contributed by atoms with Crippen LogP contribution in [0.25, 0.3) is 10.9 Å². The molecule has 0 saturated heterocycles. The zero-order valence-electron chi connectivity index (χ0n) is 21.6. The Kier molecular flexibility index (Phi) is 8.52. The van der Waals surface area contributed by atoms with Crippen LogP contribution in [0, 0.1) is 6.92 Å². The molecule has 0 aliphatic heterocycles. The Morgan fingerprint density at radius 2 is 1.73 bits per heavy atom. The van der Waals surface area contributed by atoms with Crippen LogP contribution < -0.4 is 20.5 Å². The third-order valence-electron chi connectivity index (χ3n) is 6.04. The maximum absolute atomic E-state index is 12.5. The predicted molar refractivity (Wildman–Crippen MR) is 144 cm³/mol. The van der Waals surface area contributed by atoms with Crippen molar-refractivity contribution in [1.29, 1.82) is 0 Å². The highest BCUT2D eigenvalue weighted by Crippen LogP contribution is 2.29. The molecule has 0 radical (unpaired) electrons. The quantitative estimate of drug-likeness (QED) is 0.284. The Balaban J connectivity index is 0.000000262. The standard InChI is InChI=1S/C20H26N2O3.C8H6N2O2/c1-13-10-15(7-8-16(13)20(2,3)12-21)22-19(23)14-6-9-17(24-4)18(11-14)25-5;11-8(12)7-5-3-1-2-4-6(5)9-10-7/h6-11H,12,21H2,1-5H3,(H,22,23);1-4H,(H,9,10)(H,11,12). The predicted octanol–water partition coefficient (Wildman–Crippen LogP) is 4.76. The van der Waals surface area contributed by atoms with Crippen molar-refractivity contribution >= 4 is 28.5 Å². The first-order chi connectivity index (χ1) is 17.6. The summed E-state index contributed by atoms with van der Waals surface area (Å²) in [6.45, 7) is 6.80. The molecule has 37 heavy (non-hydrogen) atoms. The highest BCUT2D eigenvalue weighted by atomic mass is 16.5. The van der Waals surface area contributed by atoms with Crippen molar-refractivity contribution in [3.8, 4) is 11.5 Å². The number of carboxylic acid groups (broad SMARTS) is 1. The van der Waals surface area contributed by atoms with Crippen molar-refractivity contribution < 1.29 is 24.2 Å². The van der Waals surface area contributed by atoms with Crippen molar-refractivity contribution in [2.45, 2.75) is 26.2 Å². The third-order valence-corrected chi connectivity index (χ3v) is 6.04. The number of H-pyrrole nitrogens is 1. The molecule has 9 heteroatoms. The Morgan fingerprint density at radius 3 is 2.35 bits per heavy atom. The number of carbonyl (C=O) groups is 2. The summed E-state index contributed by atoms with van der Waals surface area (Å²) in [7, 11) is 3.10. The number of aromatic carboxylic acids is 1. The lowest BCUT2D eigenvalue weighted by Gasteiger charge is -2.25. The second-order valence-corrected chi connectivity index (χ2v) is 9.06. The number of fused-ring (bicyclic) bond motifs is 1. The van der Waals surface area contributed by atoms with Gasteiger partial charge in [-0.1, -0.05) is 38.1 Å². The van der Waals surface area contributed by atoms with E-state index in [0.29, 0.717) is 29.0 Å². The van der Waals surface area contributed by atoms with Crippen LogP contribution in [0.4, 0.5) is 5.69 Å². The number of ether oxygens (including phenoxy) is 2. The van der Waals surface area contributed by atoms with Gasteiger partial charge in [0.1, 0.15) is 0 Å². The SMILES string of the molecule is COc1ccc(C(=O)Nc2ccc(C(C)(C)CN)c(C)c2)cc1OC.O=C(O)c1n[nH]c2ccccc12. The number of amides is 1. The molecule has 0 saturated carbocycles. The molecular weight excluding hydrogens is 472 g/mol. The number of aromatic amines is 1. The van der Waals surface area contributed by atoms with Crippen LogP contribution in [0.5, 0.6) is 11.5 Å². The number of benzene rings is 3. The van der Waals surface area contributed by atoms with Crippen LogP contribution in [-0.2, 0) is 5.41 Å². The molecule has 1 aromatic heterocycles. The molecule has 194 valence electrons. The van der Waals surface area contributed by atoms with E-state index in [0.717, 1.165) is 16.8 Å². The second-order valence-electron chi connectivity index (χ2n) is 9.06. The molecule has 0 spiro atoms. The fraction of sp³-hybridized carbons (Fsp3) is 0.250. The van der Waals surface area contributed by atoms with E-state index in [4.69, 9.17) is 20.3 Å². The van der Waals surface area contributed by atoms with Crippen LogP contribution in [0.2, 0.25) is 0 Å². The van der Waals surface area contributed by atoms with Gasteiger partial charge in [0, 0.05) is 28.6 Å². The Bertz CT molecular complexity index is 1410. The number of aromatic nitrogens is 2. The minimum atomic E-state index is -1.01. The van der Waals surface area contributed by atoms with Crippen molar-refractivity contribution in [3.05, 3.63) is 83.0 Å². The van der Waals surface area contributed by atoms with Gasteiger partial charge in [-0.15, -0.1) is 0 Å². The number of hydrogen-bond acceptors (Lipinski definition) is 6. The maximum atomic E-state index is 12.5. The molecule has 9 nitrogen and oxygen atoms in total. The zero-order chi connectivity index (χ0) is 27.2. The fourth-order valence-corrected chi connectivity index (χ4v) is 3.92. The number of nitrogens with two attached hydrogens (primary N) is 1. The summed E-state index contributed by atoms with van der Waals surface area (Å²) in [5.74, 6) is -0.103. The average Bonchev–Trinajstić information content (AvgIpc) is 3.33. The summed E-state index contributed by atoms with van der Waals surface area (Å²) >= 11 is 0. The number of nitrogens with one attached hydrogen (secondary N) is 2. The van der Waals surface area contributed by atoms with Crippen LogP contribution in [-0.4, -0.2) is 47.9 Å². The number of rotatable bonds is 7. The van der Waals surface area contributed by atoms with Gasteiger partial charge < -0.3 is 25.6 Å². The lowest BCUT2D eigenvalue weighted by atomic mass is 9.82. The molecule has 1 amide bonds. The molecule has 4 aromatic rings. The van der Waals surface area contributed by atoms with Gasteiger partial charge in [-0.3, -0.25) is 9.89 Å². The summed E-state index contributed by atoms with van der Waals surface area (Å²) in [6, 6.07) is 18.1. The first-order valence-corrected chi connectivity index (χ1v) is 11.6. The molecule has 0 unspecified atom stereocenters. The highest BCUT2D eigenvalue weighted by molar-refractivity contribution is 6.04. The third kappa shape index (κ3) is 6.25. The zero-order valence-corrected chi connectivity index (χ0v) is 21.6. The number of para-hydroxylation sites is 1. The van der Waals surface area contributed by atoms with Gasteiger partial charge in [0.2, 0.25) is 0 Å². The minimum Gasteiger partial charge on any atom is -0.493 e. The molecule has 4 rings (SSSR count). The van der Waals surface area contributed by atoms with E-state index < -0.39 is 5.97 Å². The average molecular weight is 505 g/mol. The molecule has 0 fully saturated rings. The minimum absolute atomic E-state index is 0.0746. The van der Waals surface area contributed by atoms with Crippen molar-refractivity contribution in [2.24, 2.45) is 5.73 Å². The van der Waals surface area contributed by atoms with Crippen molar-refractivity contribution in [2.75, 3.05) is 26.1 Å². The number of hydrogen-bond donors (Lipinski definition) is 4. The number of aryl methyl sites for hydroxylation is 1. The van der Waals surface area contributed by atoms with E-state index in [-0.39, 0.29) is 17.0 Å². The van der Waals surface area contributed by atoms with Gasteiger partial charge >= 0.3 is 5.97 Å². The highest BCUT2D eigenvalue weighted by Gasteiger charge is 2.21. The van der Waals surface area contributed by atoms with E-state index in [1.807, 2.05) is 31.2 Å². The number of carbonyl (C=O) groups excluding carboxylic acids is 1. The number of carboxylic acids is 1. The summed E-state index contributed by atoms with van der Waals surface area (Å²) in [6.07, 6.45) is 0. The summed E-state index contributed by atoms with van der Waals surface area (Å²) in [5, 5.41) is 18.6. The van der Waals surface area contributed by atoms with Crippen LogP contribution in [0.15, 0.2) is 60.7 Å². The lowest BCUT2D eigenvalue weighted by Crippen LogP contribution is -2.29. The monoisotopic (exact) mass is 504 g/mol. The van der Waals surface area contributed by atoms with E-state index in [1.54, 1.807) is 50.6 Å². The molecule has 0 aliphatic rings. The topological polar surface area (TPSA) is 140 Å². The van der Waals surface area contributed by atoms with E-state index in [1.165, 1.54) is 5.56 Å².